The van der Waals surface area contributed by atoms with Gasteiger partial charge in [0, 0.05) is 10.7 Å². The van der Waals surface area contributed by atoms with Crippen molar-refractivity contribution in [1.82, 2.24) is 4.98 Å². The van der Waals surface area contributed by atoms with Crippen LogP contribution in [-0.2, 0) is 4.79 Å². The zero-order valence-electron chi connectivity index (χ0n) is 9.97. The van der Waals surface area contributed by atoms with Crippen LogP contribution in [0.25, 0.3) is 0 Å². The molecule has 0 aromatic carbocycles. The number of pyridine rings is 1. The molecule has 1 fully saturated rings. The molecule has 1 aliphatic heterocycles. The van der Waals surface area contributed by atoms with Gasteiger partial charge >= 0.3 is 0 Å². The minimum Gasteiger partial charge on any atom is -0.272 e. The summed E-state index contributed by atoms with van der Waals surface area (Å²) in [6.45, 7) is 0. The minimum absolute atomic E-state index is 0.0340. The number of aromatic nitrogens is 1. The number of rotatable bonds is 2. The number of anilines is 1. The molecule has 1 saturated carbocycles. The van der Waals surface area contributed by atoms with Crippen LogP contribution in [-0.4, -0.2) is 16.6 Å². The molecule has 2 heterocycles. The number of hydrogen-bond donors (Lipinski definition) is 0. The van der Waals surface area contributed by atoms with E-state index in [2.05, 4.69) is 26.0 Å². The van der Waals surface area contributed by atoms with Crippen molar-refractivity contribution in [1.29, 1.82) is 0 Å². The molecule has 0 saturated heterocycles. The van der Waals surface area contributed by atoms with Gasteiger partial charge in [0.05, 0.1) is 12.1 Å². The zero-order valence-corrected chi connectivity index (χ0v) is 11.6. The van der Waals surface area contributed by atoms with Crippen molar-refractivity contribution in [3.05, 3.63) is 22.8 Å². The maximum atomic E-state index is 12.0. The first kappa shape index (κ1) is 11.8. The van der Waals surface area contributed by atoms with Gasteiger partial charge < -0.3 is 0 Å². The summed E-state index contributed by atoms with van der Waals surface area (Å²) in [4.78, 5) is 16.2. The van der Waals surface area contributed by atoms with Gasteiger partial charge in [-0.15, -0.1) is 0 Å². The Morgan fingerprint density at radius 3 is 2.72 bits per heavy atom. The van der Waals surface area contributed by atoms with Gasteiger partial charge in [0.1, 0.15) is 0 Å². The molecule has 18 heavy (non-hydrogen) atoms. The van der Waals surface area contributed by atoms with Gasteiger partial charge in [-0.1, -0.05) is 12.8 Å². The van der Waals surface area contributed by atoms with E-state index in [1.807, 2.05) is 12.1 Å². The summed E-state index contributed by atoms with van der Waals surface area (Å²) in [6.07, 6.45) is 7.01. The number of carbonyl (C=O) groups excluding carboxylic acids is 1. The first-order chi connectivity index (χ1) is 8.74. The van der Waals surface area contributed by atoms with E-state index in [1.54, 1.807) is 6.20 Å². The van der Waals surface area contributed by atoms with Gasteiger partial charge in [0.15, 0.2) is 5.82 Å². The second-order valence-electron chi connectivity index (χ2n) is 4.79. The molecule has 0 atom stereocenters. The Labute approximate surface area is 114 Å². The van der Waals surface area contributed by atoms with Crippen LogP contribution in [0.3, 0.4) is 0 Å². The van der Waals surface area contributed by atoms with E-state index in [4.69, 9.17) is 0 Å². The van der Waals surface area contributed by atoms with E-state index in [0.29, 0.717) is 18.2 Å². The molecule has 5 heteroatoms. The van der Waals surface area contributed by atoms with Crippen LogP contribution >= 0.6 is 15.9 Å². The minimum atomic E-state index is 0.0340. The lowest BCUT2D eigenvalue weighted by atomic mass is 10.00. The normalized spacial score (nSPS) is 20.6. The molecule has 2 aliphatic rings. The van der Waals surface area contributed by atoms with Crippen molar-refractivity contribution in [2.45, 2.75) is 32.1 Å². The maximum Gasteiger partial charge on any atom is 0.254 e. The zero-order chi connectivity index (χ0) is 12.5. The van der Waals surface area contributed by atoms with E-state index in [1.165, 1.54) is 30.7 Å². The fourth-order valence-electron chi connectivity index (χ4n) is 2.61. The molecule has 0 spiro atoms. The van der Waals surface area contributed by atoms with Gasteiger partial charge in [0.25, 0.3) is 5.91 Å². The Morgan fingerprint density at radius 2 is 2.06 bits per heavy atom. The number of hydrogen-bond acceptors (Lipinski definition) is 3. The van der Waals surface area contributed by atoms with E-state index < -0.39 is 0 Å². The molecule has 0 N–H and O–H groups in total. The largest absolute Gasteiger partial charge is 0.272 e. The van der Waals surface area contributed by atoms with Crippen LogP contribution < -0.4 is 5.01 Å². The second kappa shape index (κ2) is 4.80. The summed E-state index contributed by atoms with van der Waals surface area (Å²) in [6, 6.07) is 3.68. The Morgan fingerprint density at radius 1 is 1.28 bits per heavy atom. The summed E-state index contributed by atoms with van der Waals surface area (Å²) >= 11 is 3.33. The van der Waals surface area contributed by atoms with Crippen LogP contribution in [0.5, 0.6) is 0 Å². The van der Waals surface area contributed by atoms with Crippen molar-refractivity contribution in [2.24, 2.45) is 11.0 Å². The average molecular weight is 308 g/mol. The predicted octanol–water partition coefficient (Wildman–Crippen LogP) is 3.13. The first-order valence-corrected chi connectivity index (χ1v) is 7.05. The Kier molecular flexibility index (Phi) is 3.16. The average Bonchev–Trinajstić information content (AvgIpc) is 2.99. The quantitative estimate of drug-likeness (QED) is 0.842. The van der Waals surface area contributed by atoms with Crippen molar-refractivity contribution in [3.8, 4) is 0 Å². The maximum absolute atomic E-state index is 12.0. The highest BCUT2D eigenvalue weighted by atomic mass is 79.9. The van der Waals surface area contributed by atoms with Crippen molar-refractivity contribution >= 4 is 33.4 Å². The van der Waals surface area contributed by atoms with Gasteiger partial charge in [-0.2, -0.15) is 10.1 Å². The molecule has 1 aromatic heterocycles. The van der Waals surface area contributed by atoms with Gasteiger partial charge in [-0.25, -0.2) is 4.98 Å². The van der Waals surface area contributed by atoms with Crippen LogP contribution in [0.1, 0.15) is 32.1 Å². The van der Waals surface area contributed by atoms with Crippen LogP contribution in [0.15, 0.2) is 27.9 Å². The van der Waals surface area contributed by atoms with Crippen molar-refractivity contribution in [3.63, 3.8) is 0 Å². The molecule has 1 aliphatic carbocycles. The monoisotopic (exact) mass is 307 g/mol. The molecule has 4 nitrogen and oxygen atoms in total. The molecule has 1 amide bonds. The van der Waals surface area contributed by atoms with E-state index >= 15 is 0 Å². The van der Waals surface area contributed by atoms with Crippen molar-refractivity contribution < 1.29 is 4.79 Å². The van der Waals surface area contributed by atoms with Gasteiger partial charge in [-0.3, -0.25) is 4.79 Å². The standard InChI is InChI=1S/C13H14BrN3O/c14-10-5-6-12(15-8-10)17-13(18)7-11(16-17)9-3-1-2-4-9/h5-6,8-9H,1-4,7H2. The number of halogens is 1. The fraction of sp³-hybridized carbons (Fsp3) is 0.462. The van der Waals surface area contributed by atoms with Gasteiger partial charge in [-0.05, 0) is 46.8 Å². The van der Waals surface area contributed by atoms with E-state index in [0.717, 1.165) is 10.2 Å². The molecular formula is C13H14BrN3O. The molecule has 0 bridgehead atoms. The third kappa shape index (κ3) is 2.19. The molecule has 94 valence electrons. The Balaban J connectivity index is 1.83. The summed E-state index contributed by atoms with van der Waals surface area (Å²) in [5, 5.41) is 5.92. The summed E-state index contributed by atoms with van der Waals surface area (Å²) in [7, 11) is 0. The lowest BCUT2D eigenvalue weighted by Crippen LogP contribution is -2.20. The summed E-state index contributed by atoms with van der Waals surface area (Å²) < 4.78 is 0.901. The molecule has 3 rings (SSSR count). The SMILES string of the molecule is O=C1CC(C2CCCC2)=NN1c1ccc(Br)cn1. The van der Waals surface area contributed by atoms with Gasteiger partial charge in [0.2, 0.25) is 0 Å². The lowest BCUT2D eigenvalue weighted by Gasteiger charge is -2.10. The highest BCUT2D eigenvalue weighted by molar-refractivity contribution is 9.10. The summed E-state index contributed by atoms with van der Waals surface area (Å²) in [5.41, 5.74) is 1.04. The smallest absolute Gasteiger partial charge is 0.254 e. The highest BCUT2D eigenvalue weighted by Gasteiger charge is 2.31. The molecule has 0 radical (unpaired) electrons. The summed E-state index contributed by atoms with van der Waals surface area (Å²) in [5.74, 6) is 1.15. The molecule has 0 unspecified atom stereocenters. The first-order valence-electron chi connectivity index (χ1n) is 6.26. The Hall–Kier alpha value is -1.23. The molecular weight excluding hydrogens is 294 g/mol. The number of carbonyl (C=O) groups is 1. The third-order valence-electron chi connectivity index (χ3n) is 3.55. The highest BCUT2D eigenvalue weighted by Crippen LogP contribution is 2.31. The number of hydrazone groups is 1. The number of nitrogens with zero attached hydrogens (tertiary/aromatic N) is 3. The van der Waals surface area contributed by atoms with Crippen LogP contribution in [0.2, 0.25) is 0 Å². The lowest BCUT2D eigenvalue weighted by molar-refractivity contribution is -0.117. The Bertz CT molecular complexity index is 491. The topological polar surface area (TPSA) is 45.6 Å². The molecule has 1 aromatic rings. The van der Waals surface area contributed by atoms with E-state index in [9.17, 15) is 4.79 Å². The third-order valence-corrected chi connectivity index (χ3v) is 4.02. The fourth-order valence-corrected chi connectivity index (χ4v) is 2.84. The van der Waals surface area contributed by atoms with Crippen LogP contribution in [0.4, 0.5) is 5.82 Å². The second-order valence-corrected chi connectivity index (χ2v) is 5.71. The van der Waals surface area contributed by atoms with Crippen LogP contribution in [0, 0.1) is 5.92 Å². The van der Waals surface area contributed by atoms with Crippen molar-refractivity contribution in [2.75, 3.05) is 5.01 Å². The predicted molar refractivity (Wildman–Crippen MR) is 73.4 cm³/mol. The van der Waals surface area contributed by atoms with E-state index in [-0.39, 0.29) is 5.91 Å². The number of amides is 1.